The predicted molar refractivity (Wildman–Crippen MR) is 108 cm³/mol. The molecular formula is C22H19F4N3O3. The maximum absolute atomic E-state index is 13.7. The number of alkyl halides is 3. The molecule has 0 bridgehead atoms. The van der Waals surface area contributed by atoms with Crippen molar-refractivity contribution >= 4 is 5.91 Å². The highest BCUT2D eigenvalue weighted by Gasteiger charge is 2.31. The number of aliphatic hydroxyl groups is 1. The maximum Gasteiger partial charge on any atom is 0.573 e. The molecule has 2 N–H and O–H groups in total. The lowest BCUT2D eigenvalue weighted by Crippen LogP contribution is -2.38. The number of aromatic nitrogens is 2. The van der Waals surface area contributed by atoms with Crippen LogP contribution in [-0.2, 0) is 0 Å². The zero-order valence-corrected chi connectivity index (χ0v) is 17.1. The van der Waals surface area contributed by atoms with Gasteiger partial charge in [-0.05, 0) is 56.3 Å². The Morgan fingerprint density at radius 1 is 1.03 bits per heavy atom. The summed E-state index contributed by atoms with van der Waals surface area (Å²) in [5, 5.41) is 12.4. The third-order valence-corrected chi connectivity index (χ3v) is 4.11. The van der Waals surface area contributed by atoms with Gasteiger partial charge in [-0.2, -0.15) is 0 Å². The number of amides is 1. The van der Waals surface area contributed by atoms with E-state index < -0.39 is 29.4 Å². The van der Waals surface area contributed by atoms with Gasteiger partial charge in [-0.3, -0.25) is 4.79 Å². The molecule has 10 heteroatoms. The highest BCUT2D eigenvalue weighted by atomic mass is 19.4. The van der Waals surface area contributed by atoms with Crippen molar-refractivity contribution < 1.29 is 32.2 Å². The van der Waals surface area contributed by atoms with E-state index in [-0.39, 0.29) is 23.8 Å². The summed E-state index contributed by atoms with van der Waals surface area (Å²) in [6.45, 7) is 2.98. The first-order chi connectivity index (χ1) is 14.9. The fraction of sp³-hybridized carbons (Fsp3) is 0.227. The van der Waals surface area contributed by atoms with Crippen molar-refractivity contribution in [1.82, 2.24) is 15.3 Å². The van der Waals surface area contributed by atoms with E-state index in [0.717, 1.165) is 12.1 Å². The molecule has 1 heterocycles. The molecule has 3 rings (SSSR count). The number of hydrogen-bond acceptors (Lipinski definition) is 5. The largest absolute Gasteiger partial charge is 0.573 e. The first-order valence-electron chi connectivity index (χ1n) is 9.41. The van der Waals surface area contributed by atoms with Gasteiger partial charge >= 0.3 is 6.36 Å². The van der Waals surface area contributed by atoms with Crippen LogP contribution in [0.1, 0.15) is 24.3 Å². The van der Waals surface area contributed by atoms with Crippen molar-refractivity contribution in [2.75, 3.05) is 6.54 Å². The summed E-state index contributed by atoms with van der Waals surface area (Å²) in [6.07, 6.45) is -4.83. The summed E-state index contributed by atoms with van der Waals surface area (Å²) in [4.78, 5) is 21.1. The normalized spacial score (nSPS) is 11.8. The standard InChI is InChI=1S/C22H19F4N3O3/c1-21(2,31)12-27-20(30)18-11-17(13-6-8-16(9-7-13)32-22(24,25)26)28-19(29-18)14-4-3-5-15(23)10-14/h3-11,31H,12H2,1-2H3,(H,27,30). The lowest BCUT2D eigenvalue weighted by Gasteiger charge is -2.17. The van der Waals surface area contributed by atoms with Gasteiger partial charge in [-0.15, -0.1) is 13.2 Å². The molecule has 1 aromatic heterocycles. The molecule has 1 amide bonds. The van der Waals surface area contributed by atoms with Crippen LogP contribution in [0.25, 0.3) is 22.6 Å². The number of halogens is 4. The van der Waals surface area contributed by atoms with E-state index in [4.69, 9.17) is 0 Å². The van der Waals surface area contributed by atoms with Gasteiger partial charge in [0.25, 0.3) is 5.91 Å². The van der Waals surface area contributed by atoms with Gasteiger partial charge in [-0.25, -0.2) is 14.4 Å². The Kier molecular flexibility index (Phi) is 6.45. The zero-order chi connectivity index (χ0) is 23.5. The molecule has 0 atom stereocenters. The first kappa shape index (κ1) is 23.1. The minimum Gasteiger partial charge on any atom is -0.406 e. The van der Waals surface area contributed by atoms with Crippen LogP contribution in [0.2, 0.25) is 0 Å². The van der Waals surface area contributed by atoms with Crippen LogP contribution >= 0.6 is 0 Å². The second-order valence-electron chi connectivity index (χ2n) is 7.54. The van der Waals surface area contributed by atoms with Crippen LogP contribution in [0.3, 0.4) is 0 Å². The summed E-state index contributed by atoms with van der Waals surface area (Å²) in [5.41, 5.74) is -0.303. The molecule has 0 fully saturated rings. The van der Waals surface area contributed by atoms with Gasteiger partial charge in [0.05, 0.1) is 11.3 Å². The van der Waals surface area contributed by atoms with Crippen molar-refractivity contribution in [2.45, 2.75) is 25.8 Å². The van der Waals surface area contributed by atoms with Gasteiger partial charge in [0.1, 0.15) is 17.3 Å². The smallest absolute Gasteiger partial charge is 0.406 e. The summed E-state index contributed by atoms with van der Waals surface area (Å²) in [5.74, 6) is -1.50. The molecule has 6 nitrogen and oxygen atoms in total. The number of hydrogen-bond donors (Lipinski definition) is 2. The molecule has 3 aromatic rings. The average Bonchev–Trinajstić information content (AvgIpc) is 2.70. The molecule has 168 valence electrons. The van der Waals surface area contributed by atoms with Gasteiger partial charge in [-0.1, -0.05) is 12.1 Å². The number of ether oxygens (including phenoxy) is 1. The third kappa shape index (κ3) is 6.48. The summed E-state index contributed by atoms with van der Waals surface area (Å²) >= 11 is 0. The van der Waals surface area contributed by atoms with Crippen LogP contribution < -0.4 is 10.1 Å². The van der Waals surface area contributed by atoms with E-state index in [1.165, 1.54) is 50.2 Å². The van der Waals surface area contributed by atoms with Gasteiger partial charge in [0.2, 0.25) is 0 Å². The van der Waals surface area contributed by atoms with E-state index in [1.54, 1.807) is 6.07 Å². The summed E-state index contributed by atoms with van der Waals surface area (Å²) in [6, 6.07) is 11.7. The fourth-order valence-electron chi connectivity index (χ4n) is 2.68. The van der Waals surface area contributed by atoms with Crippen molar-refractivity contribution in [3.8, 4) is 28.4 Å². The highest BCUT2D eigenvalue weighted by molar-refractivity contribution is 5.93. The molecule has 0 saturated heterocycles. The molecule has 0 saturated carbocycles. The molecule has 32 heavy (non-hydrogen) atoms. The maximum atomic E-state index is 13.7. The summed E-state index contributed by atoms with van der Waals surface area (Å²) < 4.78 is 54.8. The molecule has 0 radical (unpaired) electrons. The Labute approximate surface area is 180 Å². The molecule has 0 unspecified atom stereocenters. The van der Waals surface area contributed by atoms with E-state index in [9.17, 15) is 27.5 Å². The van der Waals surface area contributed by atoms with E-state index in [0.29, 0.717) is 11.1 Å². The van der Waals surface area contributed by atoms with Gasteiger partial charge < -0.3 is 15.2 Å². The quantitative estimate of drug-likeness (QED) is 0.547. The number of rotatable bonds is 6. The van der Waals surface area contributed by atoms with Crippen LogP contribution in [0.4, 0.5) is 17.6 Å². The monoisotopic (exact) mass is 449 g/mol. The Morgan fingerprint density at radius 2 is 1.72 bits per heavy atom. The van der Waals surface area contributed by atoms with Crippen LogP contribution in [0.15, 0.2) is 54.6 Å². The number of carbonyl (C=O) groups is 1. The van der Waals surface area contributed by atoms with Crippen molar-refractivity contribution in [1.29, 1.82) is 0 Å². The zero-order valence-electron chi connectivity index (χ0n) is 17.1. The Morgan fingerprint density at radius 3 is 2.31 bits per heavy atom. The highest BCUT2D eigenvalue weighted by Crippen LogP contribution is 2.27. The minimum atomic E-state index is -4.83. The predicted octanol–water partition coefficient (Wildman–Crippen LogP) is 4.35. The van der Waals surface area contributed by atoms with Crippen molar-refractivity contribution in [3.05, 3.63) is 66.1 Å². The molecule has 0 aliphatic heterocycles. The number of nitrogens with zero attached hydrogens (tertiary/aromatic N) is 2. The lowest BCUT2D eigenvalue weighted by molar-refractivity contribution is -0.274. The molecular weight excluding hydrogens is 430 g/mol. The van der Waals surface area contributed by atoms with E-state index in [1.807, 2.05) is 0 Å². The number of benzene rings is 2. The number of nitrogens with one attached hydrogen (secondary N) is 1. The van der Waals surface area contributed by atoms with E-state index >= 15 is 0 Å². The summed E-state index contributed by atoms with van der Waals surface area (Å²) in [7, 11) is 0. The van der Waals surface area contributed by atoms with Crippen LogP contribution in [-0.4, -0.2) is 39.5 Å². The topological polar surface area (TPSA) is 84.3 Å². The van der Waals surface area contributed by atoms with Gasteiger partial charge in [0.15, 0.2) is 5.82 Å². The number of carbonyl (C=O) groups excluding carboxylic acids is 1. The van der Waals surface area contributed by atoms with Crippen molar-refractivity contribution in [3.63, 3.8) is 0 Å². The Hall–Kier alpha value is -3.53. The first-order valence-corrected chi connectivity index (χ1v) is 9.41. The molecule has 0 aliphatic carbocycles. The second kappa shape index (κ2) is 8.91. The lowest BCUT2D eigenvalue weighted by atomic mass is 10.1. The molecule has 0 aliphatic rings. The Balaban J connectivity index is 2.01. The van der Waals surface area contributed by atoms with E-state index in [2.05, 4.69) is 20.0 Å². The van der Waals surface area contributed by atoms with Crippen LogP contribution in [0.5, 0.6) is 5.75 Å². The Bertz CT molecular complexity index is 1110. The molecule has 0 spiro atoms. The van der Waals surface area contributed by atoms with Crippen molar-refractivity contribution in [2.24, 2.45) is 0 Å². The van der Waals surface area contributed by atoms with Gasteiger partial charge in [0, 0.05) is 17.7 Å². The SMILES string of the molecule is CC(C)(O)CNC(=O)c1cc(-c2ccc(OC(F)(F)F)cc2)nc(-c2cccc(F)c2)n1. The molecule has 2 aromatic carbocycles. The minimum absolute atomic E-state index is 0.0472. The fourth-order valence-corrected chi connectivity index (χ4v) is 2.68. The van der Waals surface area contributed by atoms with Crippen LogP contribution in [0, 0.1) is 5.82 Å². The third-order valence-electron chi connectivity index (χ3n) is 4.11. The second-order valence-corrected chi connectivity index (χ2v) is 7.54. The average molecular weight is 449 g/mol.